The Hall–Kier alpha value is -3.43. The lowest BCUT2D eigenvalue weighted by molar-refractivity contribution is -0.138. The van der Waals surface area contributed by atoms with Crippen molar-refractivity contribution in [3.63, 3.8) is 0 Å². The van der Waals surface area contributed by atoms with Gasteiger partial charge in [0.25, 0.3) is 5.91 Å². The van der Waals surface area contributed by atoms with Crippen LogP contribution in [-0.2, 0) is 4.79 Å². The van der Waals surface area contributed by atoms with Crippen LogP contribution in [-0.4, -0.2) is 51.7 Å². The number of anilines is 2. The Morgan fingerprint density at radius 1 is 1.19 bits per heavy atom. The maximum absolute atomic E-state index is 13.4. The maximum Gasteiger partial charge on any atom is 0.321 e. The van der Waals surface area contributed by atoms with E-state index in [2.05, 4.69) is 21.9 Å². The molecule has 3 heterocycles. The molecule has 0 spiro atoms. The van der Waals surface area contributed by atoms with E-state index in [0.717, 1.165) is 57.1 Å². The van der Waals surface area contributed by atoms with Crippen LogP contribution in [0.1, 0.15) is 86.7 Å². The van der Waals surface area contributed by atoms with E-state index in [9.17, 15) is 9.59 Å². The second-order valence-electron chi connectivity index (χ2n) is 9.54. The molecule has 1 fully saturated rings. The van der Waals surface area contributed by atoms with Gasteiger partial charge in [-0.05, 0) is 50.2 Å². The molecule has 1 aliphatic carbocycles. The van der Waals surface area contributed by atoms with E-state index in [4.69, 9.17) is 20.3 Å². The zero-order valence-electron chi connectivity index (χ0n) is 20.8. The minimum atomic E-state index is -0.731. The third kappa shape index (κ3) is 6.22. The molecule has 0 bridgehead atoms. The first-order valence-electron chi connectivity index (χ1n) is 12.9. The van der Waals surface area contributed by atoms with Crippen LogP contribution >= 0.6 is 0 Å². The average Bonchev–Trinajstić information content (AvgIpc) is 3.03. The first-order chi connectivity index (χ1) is 17.5. The topological polar surface area (TPSA) is 141 Å². The van der Waals surface area contributed by atoms with Crippen molar-refractivity contribution in [3.05, 3.63) is 29.6 Å². The van der Waals surface area contributed by atoms with E-state index in [1.807, 2.05) is 12.1 Å². The number of unbranched alkanes of at least 4 members (excludes halogenated alkanes) is 3. The number of carboxylic acids is 1. The second-order valence-corrected chi connectivity index (χ2v) is 9.54. The van der Waals surface area contributed by atoms with Crippen molar-refractivity contribution in [1.29, 1.82) is 0 Å². The number of ether oxygens (including phenoxy) is 2. The SMILES string of the molecule is CCCCCCOc1nc(N)c2c(n1)OCCN(c1ccc(C3CCC(CC(=O)O)CC3)nc1)C2=O. The summed E-state index contributed by atoms with van der Waals surface area (Å²) >= 11 is 0. The van der Waals surface area contributed by atoms with Crippen LogP contribution in [0.2, 0.25) is 0 Å². The summed E-state index contributed by atoms with van der Waals surface area (Å²) < 4.78 is 11.4. The Bertz CT molecular complexity index is 1050. The number of carbonyl (C=O) groups excluding carboxylic acids is 1. The number of pyridine rings is 1. The molecule has 3 N–H and O–H groups in total. The monoisotopic (exact) mass is 497 g/mol. The molecule has 0 aromatic carbocycles. The minimum absolute atomic E-state index is 0.0307. The highest BCUT2D eigenvalue weighted by Gasteiger charge is 2.31. The van der Waals surface area contributed by atoms with Crippen LogP contribution in [0.3, 0.4) is 0 Å². The predicted octanol–water partition coefficient (Wildman–Crippen LogP) is 4.20. The number of hydrogen-bond acceptors (Lipinski definition) is 8. The summed E-state index contributed by atoms with van der Waals surface area (Å²) in [5.41, 5.74) is 7.89. The van der Waals surface area contributed by atoms with Gasteiger partial charge in [0, 0.05) is 18.0 Å². The van der Waals surface area contributed by atoms with Crippen LogP contribution in [0.25, 0.3) is 0 Å². The van der Waals surface area contributed by atoms with Crippen LogP contribution in [0.4, 0.5) is 11.5 Å². The van der Waals surface area contributed by atoms with E-state index in [1.54, 1.807) is 11.1 Å². The molecule has 2 aromatic heterocycles. The van der Waals surface area contributed by atoms with E-state index < -0.39 is 5.97 Å². The Morgan fingerprint density at radius 2 is 2.00 bits per heavy atom. The first-order valence-corrected chi connectivity index (χ1v) is 12.9. The molecule has 1 saturated carbocycles. The lowest BCUT2D eigenvalue weighted by Gasteiger charge is -2.27. The van der Waals surface area contributed by atoms with Crippen molar-refractivity contribution < 1.29 is 24.2 Å². The normalized spacial score (nSPS) is 19.8. The third-order valence-corrected chi connectivity index (χ3v) is 6.94. The van der Waals surface area contributed by atoms with Crippen molar-refractivity contribution in [2.45, 2.75) is 70.6 Å². The molecular weight excluding hydrogens is 462 g/mol. The Kier molecular flexibility index (Phi) is 8.56. The van der Waals surface area contributed by atoms with Crippen molar-refractivity contribution in [2.75, 3.05) is 30.4 Å². The van der Waals surface area contributed by atoms with Crippen molar-refractivity contribution in [3.8, 4) is 11.9 Å². The summed E-state index contributed by atoms with van der Waals surface area (Å²) in [6.07, 6.45) is 9.82. The zero-order valence-corrected chi connectivity index (χ0v) is 20.8. The summed E-state index contributed by atoms with van der Waals surface area (Å²) in [5.74, 6) is -0.349. The Labute approximate surface area is 211 Å². The molecule has 10 nitrogen and oxygen atoms in total. The molecule has 36 heavy (non-hydrogen) atoms. The number of hydrogen-bond donors (Lipinski definition) is 2. The van der Waals surface area contributed by atoms with Crippen molar-refractivity contribution >= 4 is 23.4 Å². The van der Waals surface area contributed by atoms with Crippen molar-refractivity contribution in [2.24, 2.45) is 5.92 Å². The molecule has 194 valence electrons. The number of amides is 1. The number of rotatable bonds is 10. The lowest BCUT2D eigenvalue weighted by Crippen LogP contribution is -2.33. The molecule has 4 rings (SSSR count). The van der Waals surface area contributed by atoms with Crippen molar-refractivity contribution in [1.82, 2.24) is 15.0 Å². The van der Waals surface area contributed by atoms with Gasteiger partial charge in [-0.15, -0.1) is 0 Å². The quantitative estimate of drug-likeness (QED) is 0.462. The number of carbonyl (C=O) groups is 2. The molecule has 1 aliphatic heterocycles. The van der Waals surface area contributed by atoms with Crippen LogP contribution in [0.15, 0.2) is 18.3 Å². The molecule has 0 saturated heterocycles. The second kappa shape index (κ2) is 12.0. The van der Waals surface area contributed by atoms with Gasteiger partial charge >= 0.3 is 12.0 Å². The number of nitrogens with zero attached hydrogens (tertiary/aromatic N) is 4. The minimum Gasteiger partial charge on any atom is -0.481 e. The van der Waals surface area contributed by atoms with E-state index >= 15 is 0 Å². The fraction of sp³-hybridized carbons (Fsp3) is 0.577. The zero-order chi connectivity index (χ0) is 25.5. The summed E-state index contributed by atoms with van der Waals surface area (Å²) in [6.45, 7) is 3.21. The highest BCUT2D eigenvalue weighted by atomic mass is 16.5. The highest BCUT2D eigenvalue weighted by Crippen LogP contribution is 2.37. The van der Waals surface area contributed by atoms with Gasteiger partial charge in [0.15, 0.2) is 0 Å². The van der Waals surface area contributed by atoms with Crippen LogP contribution < -0.4 is 20.1 Å². The van der Waals surface area contributed by atoms with Gasteiger partial charge in [0.05, 0.1) is 25.0 Å². The summed E-state index contributed by atoms with van der Waals surface area (Å²) in [7, 11) is 0. The Morgan fingerprint density at radius 3 is 2.69 bits per heavy atom. The summed E-state index contributed by atoms with van der Waals surface area (Å²) in [4.78, 5) is 39.1. The fourth-order valence-corrected chi connectivity index (χ4v) is 4.92. The van der Waals surface area contributed by atoms with Crippen LogP contribution in [0, 0.1) is 5.92 Å². The predicted molar refractivity (Wildman–Crippen MR) is 134 cm³/mol. The molecule has 0 atom stereocenters. The van der Waals surface area contributed by atoms with Crippen LogP contribution in [0.5, 0.6) is 11.9 Å². The average molecular weight is 498 g/mol. The number of fused-ring (bicyclic) bond motifs is 1. The molecule has 2 aliphatic rings. The van der Waals surface area contributed by atoms with Gasteiger partial charge in [-0.3, -0.25) is 14.6 Å². The first kappa shape index (κ1) is 25.7. The van der Waals surface area contributed by atoms with Gasteiger partial charge in [0.2, 0.25) is 5.88 Å². The van der Waals surface area contributed by atoms with Gasteiger partial charge < -0.3 is 25.2 Å². The van der Waals surface area contributed by atoms with Gasteiger partial charge in [-0.1, -0.05) is 26.2 Å². The van der Waals surface area contributed by atoms with Gasteiger partial charge in [-0.2, -0.15) is 9.97 Å². The largest absolute Gasteiger partial charge is 0.481 e. The smallest absolute Gasteiger partial charge is 0.321 e. The fourth-order valence-electron chi connectivity index (χ4n) is 4.92. The number of carboxylic acid groups (broad SMARTS) is 1. The molecule has 1 amide bonds. The summed E-state index contributed by atoms with van der Waals surface area (Å²) in [5, 5.41) is 9.02. The molecule has 0 unspecified atom stereocenters. The number of aliphatic carboxylic acids is 1. The third-order valence-electron chi connectivity index (χ3n) is 6.94. The van der Waals surface area contributed by atoms with Gasteiger partial charge in [0.1, 0.15) is 18.0 Å². The molecule has 2 aromatic rings. The van der Waals surface area contributed by atoms with Gasteiger partial charge in [-0.25, -0.2) is 0 Å². The highest BCUT2D eigenvalue weighted by molar-refractivity contribution is 6.10. The van der Waals surface area contributed by atoms with E-state index in [-0.39, 0.29) is 48.1 Å². The Balaban J connectivity index is 1.42. The van der Waals surface area contributed by atoms with E-state index in [1.165, 1.54) is 0 Å². The molecule has 0 radical (unpaired) electrons. The lowest BCUT2D eigenvalue weighted by atomic mass is 9.79. The molecule has 10 heteroatoms. The molecular formula is C26H35N5O5. The standard InChI is InChI=1S/C26H35N5O5/c1-2-3-4-5-13-36-26-29-23(27)22-24(30-26)35-14-12-31(25(22)34)19-10-11-20(28-16-19)18-8-6-17(7-9-18)15-21(32)33/h10-11,16-18H,2-9,12-15H2,1H3,(H,32,33)(H2,27,29,30). The number of aromatic nitrogens is 3. The summed E-state index contributed by atoms with van der Waals surface area (Å²) in [6, 6.07) is 3.96. The number of nitrogens with two attached hydrogens (primary N) is 1. The number of nitrogen functional groups attached to an aromatic ring is 1. The maximum atomic E-state index is 13.4. The van der Waals surface area contributed by atoms with E-state index in [0.29, 0.717) is 24.8 Å².